The average molecular weight is 351 g/mol. The van der Waals surface area contributed by atoms with Gasteiger partial charge in [-0.1, -0.05) is 12.5 Å². The Morgan fingerprint density at radius 1 is 1.16 bits per heavy atom. The summed E-state index contributed by atoms with van der Waals surface area (Å²) in [4.78, 5) is 12.2. The Morgan fingerprint density at radius 2 is 1.92 bits per heavy atom. The molecule has 0 radical (unpaired) electrons. The highest BCUT2D eigenvalue weighted by Crippen LogP contribution is 2.41. The molecule has 1 aromatic carbocycles. The molecule has 0 heterocycles. The molecule has 1 aromatic rings. The van der Waals surface area contributed by atoms with Crippen LogP contribution in [0.25, 0.3) is 0 Å². The summed E-state index contributed by atoms with van der Waals surface area (Å²) in [6.07, 6.45) is 3.88. The van der Waals surface area contributed by atoms with Crippen LogP contribution in [0.4, 0.5) is 0 Å². The van der Waals surface area contributed by atoms with Gasteiger partial charge >= 0.3 is 0 Å². The normalized spacial score (nSPS) is 20.1. The summed E-state index contributed by atoms with van der Waals surface area (Å²) < 4.78 is 21.3. The molecule has 1 aliphatic carbocycles. The van der Waals surface area contributed by atoms with Gasteiger partial charge in [-0.3, -0.25) is 4.79 Å². The van der Waals surface area contributed by atoms with E-state index in [2.05, 4.69) is 5.32 Å². The topological polar surface area (TPSA) is 66.0 Å². The molecule has 1 fully saturated rings. The molecular weight excluding hydrogens is 322 g/mol. The molecule has 6 heteroatoms. The van der Waals surface area contributed by atoms with Crippen LogP contribution in [0, 0.1) is 5.92 Å². The lowest BCUT2D eigenvalue weighted by molar-refractivity contribution is -0.126. The van der Waals surface area contributed by atoms with Crippen molar-refractivity contribution < 1.29 is 23.7 Å². The van der Waals surface area contributed by atoms with Gasteiger partial charge in [-0.2, -0.15) is 0 Å². The third-order valence-electron chi connectivity index (χ3n) is 4.50. The number of benzene rings is 1. The van der Waals surface area contributed by atoms with Crippen molar-refractivity contribution >= 4 is 5.91 Å². The minimum atomic E-state index is 0.0680. The van der Waals surface area contributed by atoms with E-state index < -0.39 is 0 Å². The number of ether oxygens (including phenoxy) is 4. The largest absolute Gasteiger partial charge is 0.467 e. The molecule has 6 nitrogen and oxygen atoms in total. The Morgan fingerprint density at radius 3 is 2.64 bits per heavy atom. The maximum atomic E-state index is 12.2. The molecule has 1 aliphatic rings. The monoisotopic (exact) mass is 351 g/mol. The lowest BCUT2D eigenvalue weighted by Gasteiger charge is -2.29. The summed E-state index contributed by atoms with van der Waals surface area (Å²) in [5, 5.41) is 2.94. The van der Waals surface area contributed by atoms with Crippen LogP contribution in [0.2, 0.25) is 0 Å². The van der Waals surface area contributed by atoms with E-state index in [0.29, 0.717) is 18.2 Å². The van der Waals surface area contributed by atoms with Crippen molar-refractivity contribution in [3.63, 3.8) is 0 Å². The third kappa shape index (κ3) is 5.61. The maximum Gasteiger partial charge on any atom is 0.223 e. The van der Waals surface area contributed by atoms with E-state index in [1.165, 1.54) is 0 Å². The Labute approximate surface area is 149 Å². The van der Waals surface area contributed by atoms with Crippen LogP contribution in [0.5, 0.6) is 11.5 Å². The first-order valence-electron chi connectivity index (χ1n) is 8.84. The fourth-order valence-electron chi connectivity index (χ4n) is 3.35. The van der Waals surface area contributed by atoms with Crippen LogP contribution < -0.4 is 14.8 Å². The zero-order chi connectivity index (χ0) is 18.1. The molecule has 1 N–H and O–H groups in total. The molecule has 0 aliphatic heterocycles. The number of rotatable bonds is 9. The van der Waals surface area contributed by atoms with Crippen molar-refractivity contribution in [3.8, 4) is 11.5 Å². The number of hydrogen-bond donors (Lipinski definition) is 1. The Kier molecular flexibility index (Phi) is 8.01. The summed E-state index contributed by atoms with van der Waals surface area (Å²) in [6.45, 7) is 2.99. The summed E-state index contributed by atoms with van der Waals surface area (Å²) in [5.74, 6) is 1.96. The van der Waals surface area contributed by atoms with Crippen molar-refractivity contribution in [3.05, 3.63) is 23.8 Å². The third-order valence-corrected chi connectivity index (χ3v) is 4.50. The van der Waals surface area contributed by atoms with E-state index in [4.69, 9.17) is 18.9 Å². The van der Waals surface area contributed by atoms with E-state index in [-0.39, 0.29) is 25.4 Å². The van der Waals surface area contributed by atoms with Crippen LogP contribution in [0.3, 0.4) is 0 Å². The zero-order valence-corrected chi connectivity index (χ0v) is 15.4. The second-order valence-electron chi connectivity index (χ2n) is 6.26. The van der Waals surface area contributed by atoms with Crippen molar-refractivity contribution in [2.75, 3.05) is 34.4 Å². The first-order chi connectivity index (χ1) is 12.2. The highest BCUT2D eigenvalue weighted by Gasteiger charge is 2.29. The SMILES string of the molecule is CCNC(=O)C1CCCC(c2ccc(OCOC)cc2OCOC)C1. The highest BCUT2D eigenvalue weighted by molar-refractivity contribution is 5.78. The first-order valence-corrected chi connectivity index (χ1v) is 8.84. The van der Waals surface area contributed by atoms with Crippen LogP contribution in [0.15, 0.2) is 18.2 Å². The van der Waals surface area contributed by atoms with Gasteiger partial charge in [0.1, 0.15) is 11.5 Å². The van der Waals surface area contributed by atoms with Gasteiger partial charge in [-0.05, 0) is 43.7 Å². The van der Waals surface area contributed by atoms with Crippen LogP contribution in [-0.4, -0.2) is 40.3 Å². The quantitative estimate of drug-likeness (QED) is 0.693. The fourth-order valence-corrected chi connectivity index (χ4v) is 3.35. The van der Waals surface area contributed by atoms with Gasteiger partial charge in [0.05, 0.1) is 0 Å². The van der Waals surface area contributed by atoms with E-state index in [9.17, 15) is 4.79 Å². The average Bonchev–Trinajstić information content (AvgIpc) is 2.65. The molecule has 140 valence electrons. The highest BCUT2D eigenvalue weighted by atomic mass is 16.7. The summed E-state index contributed by atoms with van der Waals surface area (Å²) in [5.41, 5.74) is 1.11. The predicted molar refractivity (Wildman–Crippen MR) is 94.8 cm³/mol. The van der Waals surface area contributed by atoms with Gasteiger partial charge in [0.15, 0.2) is 13.6 Å². The molecule has 25 heavy (non-hydrogen) atoms. The molecule has 0 aromatic heterocycles. The van der Waals surface area contributed by atoms with Crippen molar-refractivity contribution in [2.45, 2.75) is 38.5 Å². The molecule has 2 atom stereocenters. The molecular formula is C19H29NO5. The molecule has 0 spiro atoms. The van der Waals surface area contributed by atoms with Crippen LogP contribution in [-0.2, 0) is 14.3 Å². The predicted octanol–water partition coefficient (Wildman–Crippen LogP) is 3.06. The Hall–Kier alpha value is -1.79. The van der Waals surface area contributed by atoms with Gasteiger partial charge in [-0.15, -0.1) is 0 Å². The smallest absolute Gasteiger partial charge is 0.223 e. The number of hydrogen-bond acceptors (Lipinski definition) is 5. The van der Waals surface area contributed by atoms with E-state index >= 15 is 0 Å². The molecule has 1 amide bonds. The summed E-state index contributed by atoms with van der Waals surface area (Å²) >= 11 is 0. The summed E-state index contributed by atoms with van der Waals surface area (Å²) in [7, 11) is 3.18. The van der Waals surface area contributed by atoms with Crippen molar-refractivity contribution in [1.29, 1.82) is 0 Å². The zero-order valence-electron chi connectivity index (χ0n) is 15.4. The van der Waals surface area contributed by atoms with E-state index in [0.717, 1.165) is 37.0 Å². The van der Waals surface area contributed by atoms with Gasteiger partial charge in [0, 0.05) is 32.7 Å². The number of carbonyl (C=O) groups is 1. The first kappa shape index (κ1) is 19.5. The summed E-state index contributed by atoms with van der Waals surface area (Å²) in [6, 6.07) is 5.81. The van der Waals surface area contributed by atoms with Crippen molar-refractivity contribution in [1.82, 2.24) is 5.32 Å². The molecule has 1 saturated carbocycles. The van der Waals surface area contributed by atoms with Crippen molar-refractivity contribution in [2.24, 2.45) is 5.92 Å². The number of nitrogens with one attached hydrogen (secondary N) is 1. The lowest BCUT2D eigenvalue weighted by atomic mass is 9.77. The van der Waals surface area contributed by atoms with E-state index in [1.807, 2.05) is 25.1 Å². The molecule has 0 saturated heterocycles. The molecule has 2 rings (SSSR count). The second kappa shape index (κ2) is 10.3. The van der Waals surface area contributed by atoms with Crippen LogP contribution in [0.1, 0.15) is 44.1 Å². The Balaban J connectivity index is 2.16. The molecule has 2 unspecified atom stereocenters. The lowest BCUT2D eigenvalue weighted by Crippen LogP contribution is -2.33. The van der Waals surface area contributed by atoms with Gasteiger partial charge < -0.3 is 24.3 Å². The maximum absolute atomic E-state index is 12.2. The van der Waals surface area contributed by atoms with E-state index in [1.54, 1.807) is 14.2 Å². The minimum absolute atomic E-state index is 0.0680. The number of amides is 1. The van der Waals surface area contributed by atoms with Gasteiger partial charge in [0.25, 0.3) is 0 Å². The fraction of sp³-hybridized carbons (Fsp3) is 0.632. The standard InChI is InChI=1S/C19H29NO5/c1-4-20-19(21)15-7-5-6-14(10-15)17-9-8-16(24-12-22-2)11-18(17)25-13-23-3/h8-9,11,14-15H,4-7,10,12-13H2,1-3H3,(H,20,21). The van der Waals surface area contributed by atoms with Gasteiger partial charge in [0.2, 0.25) is 5.91 Å². The number of carbonyl (C=O) groups excluding carboxylic acids is 1. The molecule has 0 bridgehead atoms. The number of methoxy groups -OCH3 is 2. The van der Waals surface area contributed by atoms with Gasteiger partial charge in [-0.25, -0.2) is 0 Å². The minimum Gasteiger partial charge on any atom is -0.467 e. The second-order valence-corrected chi connectivity index (χ2v) is 6.26. The Bertz CT molecular complexity index is 549. The van der Waals surface area contributed by atoms with Crippen LogP contribution >= 0.6 is 0 Å².